The Bertz CT molecular complexity index is 1400. The van der Waals surface area contributed by atoms with Crippen LogP contribution >= 0.6 is 0 Å². The third kappa shape index (κ3) is 3.43. The molecule has 0 bridgehead atoms. The summed E-state index contributed by atoms with van der Waals surface area (Å²) in [6.07, 6.45) is 6.54. The molecule has 0 spiro atoms. The molecule has 1 fully saturated rings. The topological polar surface area (TPSA) is 87.5 Å². The molecule has 6 rings (SSSR count). The molecule has 180 valence electrons. The van der Waals surface area contributed by atoms with Crippen molar-refractivity contribution in [2.24, 2.45) is 0 Å². The highest BCUT2D eigenvalue weighted by Crippen LogP contribution is 2.48. The Morgan fingerprint density at radius 1 is 0.972 bits per heavy atom. The number of rotatable bonds is 5. The van der Waals surface area contributed by atoms with Gasteiger partial charge in [0, 0.05) is 36.6 Å². The van der Waals surface area contributed by atoms with Gasteiger partial charge in [-0.1, -0.05) is 66.7 Å². The van der Waals surface area contributed by atoms with Gasteiger partial charge < -0.3 is 19.9 Å². The van der Waals surface area contributed by atoms with Crippen LogP contribution in [0.1, 0.15) is 29.5 Å². The number of para-hydroxylation sites is 1. The third-order valence-corrected chi connectivity index (χ3v) is 7.28. The van der Waals surface area contributed by atoms with Gasteiger partial charge in [0.25, 0.3) is 5.91 Å². The minimum Gasteiger partial charge on any atom is -0.372 e. The van der Waals surface area contributed by atoms with Crippen molar-refractivity contribution in [1.29, 1.82) is 0 Å². The van der Waals surface area contributed by atoms with Gasteiger partial charge in [-0.15, -0.1) is 0 Å². The number of aliphatic hydroxyl groups is 1. The number of aromatic nitrogens is 2. The number of likely N-dealkylation sites (tertiary alicyclic amines) is 1. The lowest BCUT2D eigenvalue weighted by atomic mass is 9.89. The normalized spacial score (nSPS) is 17.5. The van der Waals surface area contributed by atoms with Crippen LogP contribution in [-0.4, -0.2) is 44.0 Å². The molecule has 2 N–H and O–H groups in total. The van der Waals surface area contributed by atoms with Gasteiger partial charge in [-0.05, 0) is 35.6 Å². The molecular weight excluding hydrogens is 452 g/mol. The smallest absolute Gasteiger partial charge is 0.264 e. The van der Waals surface area contributed by atoms with Crippen LogP contribution in [0.2, 0.25) is 0 Å². The van der Waals surface area contributed by atoms with Crippen molar-refractivity contribution in [3.8, 4) is 16.8 Å². The number of amides is 2. The maximum atomic E-state index is 14.0. The Hall–Kier alpha value is -4.23. The summed E-state index contributed by atoms with van der Waals surface area (Å²) in [5.41, 5.74) is 2.89. The fourth-order valence-electron chi connectivity index (χ4n) is 5.55. The zero-order valence-corrected chi connectivity index (χ0v) is 19.7. The van der Waals surface area contributed by atoms with Crippen molar-refractivity contribution in [2.75, 3.05) is 6.54 Å². The monoisotopic (exact) mass is 478 g/mol. The summed E-state index contributed by atoms with van der Waals surface area (Å²) >= 11 is 0. The second kappa shape index (κ2) is 8.77. The van der Waals surface area contributed by atoms with Crippen molar-refractivity contribution >= 4 is 11.8 Å². The third-order valence-electron chi connectivity index (χ3n) is 7.28. The molecule has 0 radical (unpaired) electrons. The summed E-state index contributed by atoms with van der Waals surface area (Å²) < 4.78 is 1.90. The average molecular weight is 479 g/mol. The summed E-state index contributed by atoms with van der Waals surface area (Å²) in [6.45, 7) is 0.747. The van der Waals surface area contributed by atoms with E-state index in [9.17, 15) is 14.7 Å². The Morgan fingerprint density at radius 2 is 1.64 bits per heavy atom. The first kappa shape index (κ1) is 22.2. The molecule has 0 saturated carbocycles. The SMILES string of the molecule is O=C(NCc1ccccc1-n1ccnc1)C1CCCN1C(=O)C1(O)c2ccccc2-c2ccccc21. The first-order valence-corrected chi connectivity index (χ1v) is 12.2. The fraction of sp³-hybridized carbons (Fsp3) is 0.207. The van der Waals surface area contributed by atoms with Gasteiger partial charge >= 0.3 is 0 Å². The van der Waals surface area contributed by atoms with E-state index in [2.05, 4.69) is 10.3 Å². The van der Waals surface area contributed by atoms with Crippen LogP contribution in [0.5, 0.6) is 0 Å². The van der Waals surface area contributed by atoms with Crippen LogP contribution in [0, 0.1) is 0 Å². The minimum atomic E-state index is -1.82. The van der Waals surface area contributed by atoms with Crippen LogP contribution in [0.4, 0.5) is 0 Å². The maximum absolute atomic E-state index is 14.0. The first-order valence-electron chi connectivity index (χ1n) is 12.2. The number of carbonyl (C=O) groups excluding carboxylic acids is 2. The fourth-order valence-corrected chi connectivity index (χ4v) is 5.55. The predicted octanol–water partition coefficient (Wildman–Crippen LogP) is 3.40. The lowest BCUT2D eigenvalue weighted by Crippen LogP contribution is -2.52. The van der Waals surface area contributed by atoms with E-state index in [0.717, 1.165) is 22.4 Å². The Labute approximate surface area is 209 Å². The standard InChI is InChI=1S/C29H26N4O3/c34-27(31-18-20-8-1-6-13-25(20)32-17-15-30-19-32)26-14-7-16-33(26)28(35)29(36)23-11-4-2-9-21(23)22-10-3-5-12-24(22)29/h1-6,8-13,15,17,19,26,36H,7,14,16,18H2,(H,31,34). The Kier molecular flexibility index (Phi) is 5.42. The molecule has 1 saturated heterocycles. The van der Waals surface area contributed by atoms with Crippen molar-refractivity contribution in [3.63, 3.8) is 0 Å². The molecule has 2 heterocycles. The van der Waals surface area contributed by atoms with E-state index in [0.29, 0.717) is 37.1 Å². The molecule has 2 aliphatic rings. The Morgan fingerprint density at radius 3 is 2.33 bits per heavy atom. The number of nitrogens with one attached hydrogen (secondary N) is 1. The largest absolute Gasteiger partial charge is 0.372 e. The number of carbonyl (C=O) groups is 2. The van der Waals surface area contributed by atoms with Crippen LogP contribution in [-0.2, 0) is 21.7 Å². The quantitative estimate of drug-likeness (QED) is 0.460. The highest BCUT2D eigenvalue weighted by atomic mass is 16.3. The van der Waals surface area contributed by atoms with Crippen LogP contribution in [0.15, 0.2) is 91.5 Å². The van der Waals surface area contributed by atoms with Gasteiger partial charge in [0.05, 0.1) is 12.0 Å². The minimum absolute atomic E-state index is 0.218. The van der Waals surface area contributed by atoms with E-state index in [1.54, 1.807) is 29.6 Å². The molecule has 7 nitrogen and oxygen atoms in total. The zero-order valence-electron chi connectivity index (χ0n) is 19.7. The summed E-state index contributed by atoms with van der Waals surface area (Å²) in [7, 11) is 0. The summed E-state index contributed by atoms with van der Waals surface area (Å²) in [5, 5.41) is 15.0. The first-order chi connectivity index (χ1) is 17.6. The summed E-state index contributed by atoms with van der Waals surface area (Å²) in [4.78, 5) is 33.0. The molecule has 1 unspecified atom stereocenters. The summed E-state index contributed by atoms with van der Waals surface area (Å²) in [5.74, 6) is -0.666. The van der Waals surface area contributed by atoms with E-state index in [4.69, 9.17) is 0 Å². The van der Waals surface area contributed by atoms with Crippen LogP contribution in [0.25, 0.3) is 16.8 Å². The molecule has 4 aromatic rings. The maximum Gasteiger partial charge on any atom is 0.264 e. The van der Waals surface area contributed by atoms with Crippen LogP contribution in [0.3, 0.4) is 0 Å². The van der Waals surface area contributed by atoms with Crippen LogP contribution < -0.4 is 5.32 Å². The van der Waals surface area contributed by atoms with Gasteiger partial charge in [-0.3, -0.25) is 9.59 Å². The Balaban J connectivity index is 1.25. The van der Waals surface area contributed by atoms with E-state index in [1.807, 2.05) is 71.4 Å². The molecular formula is C29H26N4O3. The molecule has 1 aliphatic carbocycles. The molecule has 1 aromatic heterocycles. The van der Waals surface area contributed by atoms with E-state index >= 15 is 0 Å². The van der Waals surface area contributed by atoms with Crippen molar-refractivity contribution in [1.82, 2.24) is 19.8 Å². The van der Waals surface area contributed by atoms with Gasteiger partial charge in [-0.2, -0.15) is 0 Å². The van der Waals surface area contributed by atoms with Crippen molar-refractivity contribution < 1.29 is 14.7 Å². The molecule has 7 heteroatoms. The van der Waals surface area contributed by atoms with E-state index in [1.165, 1.54) is 0 Å². The molecule has 1 atom stereocenters. The number of fused-ring (bicyclic) bond motifs is 3. The molecule has 36 heavy (non-hydrogen) atoms. The molecule has 1 aliphatic heterocycles. The number of imidazole rings is 1. The molecule has 2 amide bonds. The number of benzene rings is 3. The van der Waals surface area contributed by atoms with Crippen molar-refractivity contribution in [2.45, 2.75) is 31.0 Å². The lowest BCUT2D eigenvalue weighted by molar-refractivity contribution is -0.151. The van der Waals surface area contributed by atoms with Gasteiger partial charge in [0.1, 0.15) is 6.04 Å². The number of nitrogens with zero attached hydrogens (tertiary/aromatic N) is 3. The van der Waals surface area contributed by atoms with Gasteiger partial charge in [0.15, 0.2) is 5.60 Å². The number of hydrogen-bond donors (Lipinski definition) is 2. The average Bonchev–Trinajstić information content (AvgIpc) is 3.68. The molecule has 3 aromatic carbocycles. The van der Waals surface area contributed by atoms with E-state index < -0.39 is 17.6 Å². The van der Waals surface area contributed by atoms with Gasteiger partial charge in [0.2, 0.25) is 5.91 Å². The van der Waals surface area contributed by atoms with Crippen molar-refractivity contribution in [3.05, 3.63) is 108 Å². The van der Waals surface area contributed by atoms with Gasteiger partial charge in [-0.25, -0.2) is 4.98 Å². The second-order valence-electron chi connectivity index (χ2n) is 9.27. The predicted molar refractivity (Wildman–Crippen MR) is 135 cm³/mol. The lowest BCUT2D eigenvalue weighted by Gasteiger charge is -2.32. The van der Waals surface area contributed by atoms with E-state index in [-0.39, 0.29) is 5.91 Å². The summed E-state index contributed by atoms with van der Waals surface area (Å²) in [6, 6.07) is 22.1. The highest BCUT2D eigenvalue weighted by molar-refractivity contribution is 6.00. The second-order valence-corrected chi connectivity index (χ2v) is 9.27. The number of hydrogen-bond acceptors (Lipinski definition) is 4. The zero-order chi connectivity index (χ0) is 24.7. The highest BCUT2D eigenvalue weighted by Gasteiger charge is 2.52.